The zero-order valence-corrected chi connectivity index (χ0v) is 11.7. The molecule has 22 heavy (non-hydrogen) atoms. The van der Waals surface area contributed by atoms with Crippen LogP contribution >= 0.6 is 0 Å². The third kappa shape index (κ3) is 2.30. The van der Waals surface area contributed by atoms with Crippen molar-refractivity contribution >= 4 is 11.6 Å². The summed E-state index contributed by atoms with van der Waals surface area (Å²) in [6.07, 6.45) is 0. The molecule has 0 atom stereocenters. The van der Waals surface area contributed by atoms with Crippen LogP contribution in [-0.4, -0.2) is 19.1 Å². The van der Waals surface area contributed by atoms with Crippen LogP contribution in [0.25, 0.3) is 0 Å². The Kier molecular flexibility index (Phi) is 3.52. The minimum atomic E-state index is -1.65. The number of halogens is 3. The Morgan fingerprint density at radius 2 is 1.91 bits per heavy atom. The number of anilines is 1. The van der Waals surface area contributed by atoms with Crippen LogP contribution in [0.1, 0.15) is 15.9 Å². The predicted octanol–water partition coefficient (Wildman–Crippen LogP) is 3.45. The number of ether oxygens (including phenoxy) is 1. The summed E-state index contributed by atoms with van der Waals surface area (Å²) in [5.41, 5.74) is 0.876. The van der Waals surface area contributed by atoms with E-state index < -0.39 is 28.9 Å². The van der Waals surface area contributed by atoms with E-state index in [-0.39, 0.29) is 13.2 Å². The summed E-state index contributed by atoms with van der Waals surface area (Å²) >= 11 is 0. The topological polar surface area (TPSA) is 29.5 Å². The minimum absolute atomic E-state index is 0.202. The molecule has 114 valence electrons. The number of carbonyl (C=O) groups excluding carboxylic acids is 1. The van der Waals surface area contributed by atoms with Crippen molar-refractivity contribution in [3.8, 4) is 5.75 Å². The van der Waals surface area contributed by atoms with Gasteiger partial charge in [0.25, 0.3) is 5.91 Å². The van der Waals surface area contributed by atoms with Gasteiger partial charge < -0.3 is 9.64 Å². The van der Waals surface area contributed by atoms with Gasteiger partial charge in [-0.25, -0.2) is 13.2 Å². The average molecular weight is 307 g/mol. The van der Waals surface area contributed by atoms with Crippen molar-refractivity contribution in [2.24, 2.45) is 0 Å². The van der Waals surface area contributed by atoms with E-state index in [0.717, 1.165) is 17.7 Å². The molecule has 0 unspecified atom stereocenters. The molecule has 0 saturated heterocycles. The lowest BCUT2D eigenvalue weighted by Gasteiger charge is -2.30. The number of fused-ring (bicyclic) bond motifs is 1. The molecule has 2 aromatic carbocycles. The van der Waals surface area contributed by atoms with Crippen molar-refractivity contribution in [3.05, 3.63) is 58.9 Å². The van der Waals surface area contributed by atoms with Gasteiger partial charge in [-0.1, -0.05) is 6.07 Å². The van der Waals surface area contributed by atoms with Gasteiger partial charge in [0.05, 0.1) is 17.8 Å². The molecule has 1 heterocycles. The Labute approximate surface area is 124 Å². The van der Waals surface area contributed by atoms with Crippen molar-refractivity contribution in [1.29, 1.82) is 0 Å². The first-order chi connectivity index (χ1) is 10.5. The van der Waals surface area contributed by atoms with Gasteiger partial charge in [0.1, 0.15) is 12.4 Å². The van der Waals surface area contributed by atoms with Gasteiger partial charge in [-0.05, 0) is 36.8 Å². The molecule has 0 bridgehead atoms. The molecule has 1 amide bonds. The van der Waals surface area contributed by atoms with Gasteiger partial charge >= 0.3 is 0 Å². The summed E-state index contributed by atoms with van der Waals surface area (Å²) in [6.45, 7) is 2.29. The van der Waals surface area contributed by atoms with Gasteiger partial charge in [0, 0.05) is 0 Å². The lowest BCUT2D eigenvalue weighted by atomic mass is 10.1. The highest BCUT2D eigenvalue weighted by Crippen LogP contribution is 2.33. The maximum atomic E-state index is 13.8. The van der Waals surface area contributed by atoms with Crippen LogP contribution in [0.15, 0.2) is 30.3 Å². The first kappa shape index (κ1) is 14.4. The highest BCUT2D eigenvalue weighted by atomic mass is 19.2. The van der Waals surface area contributed by atoms with Crippen molar-refractivity contribution in [1.82, 2.24) is 0 Å². The van der Waals surface area contributed by atoms with E-state index >= 15 is 0 Å². The molecule has 1 aliphatic rings. The van der Waals surface area contributed by atoms with Crippen LogP contribution in [0.4, 0.5) is 18.9 Å². The molecule has 0 N–H and O–H groups in total. The van der Waals surface area contributed by atoms with E-state index in [0.29, 0.717) is 11.4 Å². The zero-order chi connectivity index (χ0) is 15.9. The summed E-state index contributed by atoms with van der Waals surface area (Å²) in [5, 5.41) is 0. The molecule has 0 saturated carbocycles. The molecule has 1 aliphatic heterocycles. The average Bonchev–Trinajstić information content (AvgIpc) is 2.51. The van der Waals surface area contributed by atoms with Crippen LogP contribution in [0.3, 0.4) is 0 Å². The Balaban J connectivity index is 2.05. The molecule has 0 aromatic heterocycles. The fraction of sp³-hybridized carbons (Fsp3) is 0.188. The van der Waals surface area contributed by atoms with Crippen LogP contribution < -0.4 is 9.64 Å². The van der Waals surface area contributed by atoms with E-state index in [1.165, 1.54) is 4.90 Å². The normalized spacial score (nSPS) is 13.5. The molecule has 6 heteroatoms. The molecular formula is C16H12F3NO2. The molecule has 3 rings (SSSR count). The van der Waals surface area contributed by atoms with Crippen molar-refractivity contribution in [2.45, 2.75) is 6.92 Å². The zero-order valence-electron chi connectivity index (χ0n) is 11.7. The number of aryl methyl sites for hydroxylation is 1. The summed E-state index contributed by atoms with van der Waals surface area (Å²) in [5.74, 6) is -4.69. The molecule has 3 nitrogen and oxygen atoms in total. The Morgan fingerprint density at radius 3 is 2.68 bits per heavy atom. The Bertz CT molecular complexity index is 761. The molecule has 0 aliphatic carbocycles. The molecular weight excluding hydrogens is 295 g/mol. The van der Waals surface area contributed by atoms with Gasteiger partial charge in [-0.2, -0.15) is 0 Å². The van der Waals surface area contributed by atoms with Crippen molar-refractivity contribution in [2.75, 3.05) is 18.1 Å². The second kappa shape index (κ2) is 5.36. The van der Waals surface area contributed by atoms with Gasteiger partial charge in [0.15, 0.2) is 17.5 Å². The van der Waals surface area contributed by atoms with Crippen LogP contribution in [0, 0.1) is 24.4 Å². The third-order valence-corrected chi connectivity index (χ3v) is 3.49. The lowest BCUT2D eigenvalue weighted by Crippen LogP contribution is -2.38. The second-order valence-electron chi connectivity index (χ2n) is 5.00. The highest BCUT2D eigenvalue weighted by molar-refractivity contribution is 6.07. The summed E-state index contributed by atoms with van der Waals surface area (Å²) < 4.78 is 45.6. The van der Waals surface area contributed by atoms with E-state index in [1.807, 2.05) is 13.0 Å². The second-order valence-corrected chi connectivity index (χ2v) is 5.00. The van der Waals surface area contributed by atoms with Gasteiger partial charge in [-0.15, -0.1) is 0 Å². The third-order valence-electron chi connectivity index (χ3n) is 3.49. The number of carbonyl (C=O) groups is 1. The molecule has 0 spiro atoms. The largest absolute Gasteiger partial charge is 0.490 e. The maximum Gasteiger partial charge on any atom is 0.261 e. The smallest absolute Gasteiger partial charge is 0.261 e. The van der Waals surface area contributed by atoms with Gasteiger partial charge in [0.2, 0.25) is 0 Å². The number of amides is 1. The van der Waals surface area contributed by atoms with Crippen molar-refractivity contribution < 1.29 is 22.7 Å². The van der Waals surface area contributed by atoms with Crippen LogP contribution in [0.2, 0.25) is 0 Å². The van der Waals surface area contributed by atoms with Gasteiger partial charge in [-0.3, -0.25) is 4.79 Å². The first-order valence-corrected chi connectivity index (χ1v) is 6.68. The lowest BCUT2D eigenvalue weighted by molar-refractivity contribution is 0.0971. The predicted molar refractivity (Wildman–Crippen MR) is 74.7 cm³/mol. The summed E-state index contributed by atoms with van der Waals surface area (Å²) in [7, 11) is 0. The van der Waals surface area contributed by atoms with E-state index in [4.69, 9.17) is 4.74 Å². The Hall–Kier alpha value is -2.50. The fourth-order valence-corrected chi connectivity index (χ4v) is 2.38. The number of nitrogens with zero attached hydrogens (tertiary/aromatic N) is 1. The summed E-state index contributed by atoms with van der Waals surface area (Å²) in [4.78, 5) is 13.8. The van der Waals surface area contributed by atoms with E-state index in [2.05, 4.69) is 0 Å². The molecule has 2 aromatic rings. The SMILES string of the molecule is Cc1ccc2c(c1)N(C(=O)c1ccc(F)c(F)c1F)CCO2. The quantitative estimate of drug-likeness (QED) is 0.755. The molecule has 0 fully saturated rings. The molecule has 0 radical (unpaired) electrons. The number of hydrogen-bond acceptors (Lipinski definition) is 2. The Morgan fingerprint density at radius 1 is 1.14 bits per heavy atom. The number of rotatable bonds is 1. The first-order valence-electron chi connectivity index (χ1n) is 6.68. The minimum Gasteiger partial charge on any atom is -0.490 e. The monoisotopic (exact) mass is 307 g/mol. The van der Waals surface area contributed by atoms with Crippen molar-refractivity contribution in [3.63, 3.8) is 0 Å². The number of benzene rings is 2. The maximum absolute atomic E-state index is 13.8. The van der Waals surface area contributed by atoms with Crippen LogP contribution in [0.5, 0.6) is 5.75 Å². The highest BCUT2D eigenvalue weighted by Gasteiger charge is 2.28. The van der Waals surface area contributed by atoms with E-state index in [1.54, 1.807) is 12.1 Å². The fourth-order valence-electron chi connectivity index (χ4n) is 2.38. The summed E-state index contributed by atoms with van der Waals surface area (Å²) in [6, 6.07) is 6.95. The standard InChI is InChI=1S/C16H12F3NO2/c1-9-2-5-13-12(8-9)20(6-7-22-13)16(21)10-3-4-11(17)15(19)14(10)18/h2-5,8H,6-7H2,1H3. The van der Waals surface area contributed by atoms with E-state index in [9.17, 15) is 18.0 Å². The number of hydrogen-bond donors (Lipinski definition) is 0. The van der Waals surface area contributed by atoms with Crippen LogP contribution in [-0.2, 0) is 0 Å².